The van der Waals surface area contributed by atoms with Crippen molar-refractivity contribution in [1.29, 1.82) is 0 Å². The van der Waals surface area contributed by atoms with Crippen molar-refractivity contribution in [1.82, 2.24) is 0 Å². The third-order valence-corrected chi connectivity index (χ3v) is 2.72. The van der Waals surface area contributed by atoms with Gasteiger partial charge in [0.2, 0.25) is 0 Å². The number of nitrogens with zero attached hydrogens (tertiary/aromatic N) is 1. The van der Waals surface area contributed by atoms with E-state index >= 15 is 0 Å². The molecule has 0 aliphatic carbocycles. The third kappa shape index (κ3) is 2.94. The fourth-order valence-corrected chi connectivity index (χ4v) is 1.90. The number of halogens is 1. The summed E-state index contributed by atoms with van der Waals surface area (Å²) in [6.07, 6.45) is -0.152. The Labute approximate surface area is 98.6 Å². The second kappa shape index (κ2) is 5.14. The predicted octanol–water partition coefficient (Wildman–Crippen LogP) is 1.29. The van der Waals surface area contributed by atoms with E-state index in [0.717, 1.165) is 0 Å². The molecule has 0 saturated carbocycles. The lowest BCUT2D eigenvalue weighted by Gasteiger charge is -2.29. The molecular formula is C12H14FNO3. The van der Waals surface area contributed by atoms with Crippen molar-refractivity contribution in [2.45, 2.75) is 6.42 Å². The second-order valence-corrected chi connectivity index (χ2v) is 3.96. The Morgan fingerprint density at radius 3 is 2.71 bits per heavy atom. The van der Waals surface area contributed by atoms with E-state index in [9.17, 15) is 9.18 Å². The van der Waals surface area contributed by atoms with Gasteiger partial charge in [-0.1, -0.05) is 6.07 Å². The van der Waals surface area contributed by atoms with Gasteiger partial charge in [0, 0.05) is 13.1 Å². The van der Waals surface area contributed by atoms with Gasteiger partial charge >= 0.3 is 5.97 Å². The van der Waals surface area contributed by atoms with Gasteiger partial charge in [-0.2, -0.15) is 0 Å². The molecule has 0 aromatic heterocycles. The van der Waals surface area contributed by atoms with E-state index in [1.165, 1.54) is 6.07 Å². The van der Waals surface area contributed by atoms with Crippen LogP contribution in [0, 0.1) is 5.82 Å². The van der Waals surface area contributed by atoms with E-state index < -0.39 is 5.97 Å². The highest BCUT2D eigenvalue weighted by Crippen LogP contribution is 2.21. The van der Waals surface area contributed by atoms with Crippen LogP contribution in [0.1, 0.15) is 5.56 Å². The summed E-state index contributed by atoms with van der Waals surface area (Å²) in [4.78, 5) is 12.4. The lowest BCUT2D eigenvalue weighted by atomic mass is 10.1. The standard InChI is InChI=1S/C12H14FNO3/c13-10-7-9(8-12(15)16)1-2-11(10)14-3-5-17-6-4-14/h1-2,7H,3-6,8H2,(H,15,16). The monoisotopic (exact) mass is 239 g/mol. The van der Waals surface area contributed by atoms with Crippen LogP contribution in [0.4, 0.5) is 10.1 Å². The maximum atomic E-state index is 13.8. The van der Waals surface area contributed by atoms with Crippen LogP contribution in [-0.4, -0.2) is 37.4 Å². The maximum Gasteiger partial charge on any atom is 0.307 e. The molecule has 5 heteroatoms. The molecule has 1 fully saturated rings. The van der Waals surface area contributed by atoms with E-state index in [-0.39, 0.29) is 12.2 Å². The number of morpholine rings is 1. The molecule has 17 heavy (non-hydrogen) atoms. The number of hydrogen-bond donors (Lipinski definition) is 1. The van der Waals surface area contributed by atoms with Gasteiger partial charge in [0.1, 0.15) is 5.82 Å². The van der Waals surface area contributed by atoms with E-state index in [1.54, 1.807) is 12.1 Å². The lowest BCUT2D eigenvalue weighted by Crippen LogP contribution is -2.36. The first-order valence-electron chi connectivity index (χ1n) is 5.50. The number of hydrogen-bond acceptors (Lipinski definition) is 3. The molecule has 0 bridgehead atoms. The Morgan fingerprint density at radius 2 is 2.12 bits per heavy atom. The minimum atomic E-state index is -0.955. The Bertz CT molecular complexity index is 416. The van der Waals surface area contributed by atoms with Crippen LogP contribution in [0.2, 0.25) is 0 Å². The first-order chi connectivity index (χ1) is 8.16. The zero-order chi connectivity index (χ0) is 12.3. The van der Waals surface area contributed by atoms with Gasteiger partial charge in [0.05, 0.1) is 25.3 Å². The number of aliphatic carboxylic acids is 1. The first-order valence-corrected chi connectivity index (χ1v) is 5.50. The molecule has 1 aliphatic rings. The quantitative estimate of drug-likeness (QED) is 0.863. The van der Waals surface area contributed by atoms with Crippen molar-refractivity contribution >= 4 is 11.7 Å². The number of anilines is 1. The average molecular weight is 239 g/mol. The Hall–Kier alpha value is -1.62. The molecule has 92 valence electrons. The van der Waals surface area contributed by atoms with Gasteiger partial charge in [-0.05, 0) is 17.7 Å². The Morgan fingerprint density at radius 1 is 1.41 bits per heavy atom. The van der Waals surface area contributed by atoms with Crippen molar-refractivity contribution < 1.29 is 19.0 Å². The molecule has 2 rings (SSSR count). The van der Waals surface area contributed by atoms with Crippen molar-refractivity contribution in [2.24, 2.45) is 0 Å². The topological polar surface area (TPSA) is 49.8 Å². The molecule has 0 atom stereocenters. The van der Waals surface area contributed by atoms with Crippen molar-refractivity contribution in [3.8, 4) is 0 Å². The molecule has 1 aliphatic heterocycles. The van der Waals surface area contributed by atoms with E-state index in [1.807, 2.05) is 4.90 Å². The number of carbonyl (C=O) groups is 1. The highest BCUT2D eigenvalue weighted by Gasteiger charge is 2.15. The molecule has 1 aromatic carbocycles. The first kappa shape index (κ1) is 11.9. The van der Waals surface area contributed by atoms with Gasteiger partial charge in [0.25, 0.3) is 0 Å². The fourth-order valence-electron chi connectivity index (χ4n) is 1.90. The van der Waals surface area contributed by atoms with Gasteiger partial charge in [-0.25, -0.2) is 4.39 Å². The van der Waals surface area contributed by atoms with Crippen LogP contribution >= 0.6 is 0 Å². The summed E-state index contributed by atoms with van der Waals surface area (Å²) in [5.41, 5.74) is 0.995. The minimum Gasteiger partial charge on any atom is -0.481 e. The fraction of sp³-hybridized carbons (Fsp3) is 0.417. The summed E-state index contributed by atoms with van der Waals surface area (Å²) in [7, 11) is 0. The number of ether oxygens (including phenoxy) is 1. The SMILES string of the molecule is O=C(O)Cc1ccc(N2CCOCC2)c(F)c1. The number of benzene rings is 1. The number of carboxylic acid groups (broad SMARTS) is 1. The smallest absolute Gasteiger partial charge is 0.307 e. The third-order valence-electron chi connectivity index (χ3n) is 2.72. The molecule has 0 spiro atoms. The highest BCUT2D eigenvalue weighted by atomic mass is 19.1. The molecule has 1 saturated heterocycles. The van der Waals surface area contributed by atoms with Crippen molar-refractivity contribution in [3.05, 3.63) is 29.6 Å². The molecule has 0 unspecified atom stereocenters. The minimum absolute atomic E-state index is 0.152. The predicted molar refractivity (Wildman–Crippen MR) is 60.8 cm³/mol. The van der Waals surface area contributed by atoms with E-state index in [2.05, 4.69) is 0 Å². The van der Waals surface area contributed by atoms with Crippen LogP contribution in [0.3, 0.4) is 0 Å². The molecule has 1 aromatic rings. The van der Waals surface area contributed by atoms with Gasteiger partial charge in [-0.3, -0.25) is 4.79 Å². The van der Waals surface area contributed by atoms with Gasteiger partial charge < -0.3 is 14.7 Å². The highest BCUT2D eigenvalue weighted by molar-refractivity contribution is 5.70. The van der Waals surface area contributed by atoms with Crippen molar-refractivity contribution in [2.75, 3.05) is 31.2 Å². The van der Waals surface area contributed by atoms with E-state index in [0.29, 0.717) is 37.6 Å². The Kier molecular flexibility index (Phi) is 3.58. The zero-order valence-corrected chi connectivity index (χ0v) is 9.36. The molecular weight excluding hydrogens is 225 g/mol. The molecule has 0 radical (unpaired) electrons. The normalized spacial score (nSPS) is 15.9. The van der Waals surface area contributed by atoms with E-state index in [4.69, 9.17) is 9.84 Å². The van der Waals surface area contributed by atoms with Crippen LogP contribution in [-0.2, 0) is 16.0 Å². The van der Waals surface area contributed by atoms with Crippen molar-refractivity contribution in [3.63, 3.8) is 0 Å². The summed E-state index contributed by atoms with van der Waals surface area (Å²) < 4.78 is 19.0. The summed E-state index contributed by atoms with van der Waals surface area (Å²) in [6.45, 7) is 2.51. The summed E-state index contributed by atoms with van der Waals surface area (Å²) in [6, 6.07) is 4.58. The summed E-state index contributed by atoms with van der Waals surface area (Å²) in [5.74, 6) is -1.32. The van der Waals surface area contributed by atoms with Crippen LogP contribution in [0.15, 0.2) is 18.2 Å². The van der Waals surface area contributed by atoms with Crippen LogP contribution in [0.5, 0.6) is 0 Å². The van der Waals surface area contributed by atoms with Crippen LogP contribution in [0.25, 0.3) is 0 Å². The lowest BCUT2D eigenvalue weighted by molar-refractivity contribution is -0.136. The van der Waals surface area contributed by atoms with Gasteiger partial charge in [-0.15, -0.1) is 0 Å². The number of carboxylic acids is 1. The summed E-state index contributed by atoms with van der Waals surface area (Å²) >= 11 is 0. The zero-order valence-electron chi connectivity index (χ0n) is 9.36. The Balaban J connectivity index is 2.15. The molecule has 0 amide bonds. The van der Waals surface area contributed by atoms with Crippen LogP contribution < -0.4 is 4.90 Å². The number of rotatable bonds is 3. The largest absolute Gasteiger partial charge is 0.481 e. The maximum absolute atomic E-state index is 13.8. The molecule has 1 N–H and O–H groups in total. The summed E-state index contributed by atoms with van der Waals surface area (Å²) in [5, 5.41) is 8.63. The molecule has 4 nitrogen and oxygen atoms in total. The average Bonchev–Trinajstić information content (AvgIpc) is 2.29. The second-order valence-electron chi connectivity index (χ2n) is 3.96. The van der Waals surface area contributed by atoms with Gasteiger partial charge in [0.15, 0.2) is 0 Å². The molecule has 1 heterocycles.